The highest BCUT2D eigenvalue weighted by Crippen LogP contribution is 2.09. The van der Waals surface area contributed by atoms with Crippen LogP contribution in [0.25, 0.3) is 0 Å². The summed E-state index contributed by atoms with van der Waals surface area (Å²) >= 11 is 0. The summed E-state index contributed by atoms with van der Waals surface area (Å²) < 4.78 is 0. The Labute approximate surface area is 69.0 Å². The van der Waals surface area contributed by atoms with Gasteiger partial charge in [-0.2, -0.15) is 0 Å². The van der Waals surface area contributed by atoms with Crippen LogP contribution >= 0.6 is 0 Å². The van der Waals surface area contributed by atoms with Crippen molar-refractivity contribution in [2.24, 2.45) is 11.6 Å². The van der Waals surface area contributed by atoms with Crippen LogP contribution in [0.4, 0.5) is 0 Å². The van der Waals surface area contributed by atoms with E-state index >= 15 is 0 Å². The monoisotopic (exact) mass is 157 g/mol. The van der Waals surface area contributed by atoms with E-state index in [1.54, 1.807) is 5.01 Å². The van der Waals surface area contributed by atoms with Crippen molar-refractivity contribution in [3.8, 4) is 0 Å². The van der Waals surface area contributed by atoms with Crippen LogP contribution in [0, 0.1) is 0 Å². The average molecular weight is 157 g/mol. The fourth-order valence-electron chi connectivity index (χ4n) is 1.12. The Morgan fingerprint density at radius 2 is 1.91 bits per heavy atom. The van der Waals surface area contributed by atoms with E-state index in [-0.39, 0.29) is 0 Å². The second-order valence-electron chi connectivity index (χ2n) is 2.69. The molecule has 0 aliphatic heterocycles. The molecule has 4 N–H and O–H groups in total. The summed E-state index contributed by atoms with van der Waals surface area (Å²) in [5.41, 5.74) is 7.76. The van der Waals surface area contributed by atoms with Crippen LogP contribution in [0.15, 0.2) is 11.4 Å². The van der Waals surface area contributed by atoms with Crippen LogP contribution in [0.5, 0.6) is 0 Å². The molecule has 0 aromatic carbocycles. The standard InChI is InChI=1S/C8H19N3/c1-4-6-7(9)8(5-2)11(3)10/h4-6,9-10H2,1-3H3/b8-7-. The zero-order valence-electron chi connectivity index (χ0n) is 7.72. The zero-order chi connectivity index (χ0) is 8.85. The molecule has 0 heterocycles. The van der Waals surface area contributed by atoms with Gasteiger partial charge in [0.25, 0.3) is 0 Å². The van der Waals surface area contributed by atoms with Crippen LogP contribution < -0.4 is 11.6 Å². The first-order valence-electron chi connectivity index (χ1n) is 4.09. The Bertz CT molecular complexity index is 138. The van der Waals surface area contributed by atoms with Crippen LogP contribution in [-0.4, -0.2) is 12.1 Å². The van der Waals surface area contributed by atoms with Crippen molar-refractivity contribution in [2.75, 3.05) is 7.05 Å². The molecular formula is C8H19N3. The van der Waals surface area contributed by atoms with Gasteiger partial charge in [-0.15, -0.1) is 0 Å². The maximum Gasteiger partial charge on any atom is 0.0472 e. The van der Waals surface area contributed by atoms with E-state index < -0.39 is 0 Å². The molecule has 0 saturated heterocycles. The fourth-order valence-corrected chi connectivity index (χ4v) is 1.12. The summed E-state index contributed by atoms with van der Waals surface area (Å²) in [5.74, 6) is 5.57. The fraction of sp³-hybridized carbons (Fsp3) is 0.750. The van der Waals surface area contributed by atoms with Gasteiger partial charge < -0.3 is 10.7 Å². The van der Waals surface area contributed by atoms with Crippen molar-refractivity contribution >= 4 is 0 Å². The molecular weight excluding hydrogens is 138 g/mol. The number of nitrogens with zero attached hydrogens (tertiary/aromatic N) is 1. The van der Waals surface area contributed by atoms with Gasteiger partial charge in [-0.25, -0.2) is 5.84 Å². The molecule has 0 saturated carbocycles. The molecule has 0 rings (SSSR count). The third kappa shape index (κ3) is 3.28. The molecule has 0 atom stereocenters. The summed E-state index contributed by atoms with van der Waals surface area (Å²) in [6.45, 7) is 4.16. The lowest BCUT2D eigenvalue weighted by molar-refractivity contribution is 0.417. The lowest BCUT2D eigenvalue weighted by Crippen LogP contribution is -2.27. The number of allylic oxidation sites excluding steroid dienone is 2. The summed E-state index contributed by atoms with van der Waals surface area (Å²) in [4.78, 5) is 0. The summed E-state index contributed by atoms with van der Waals surface area (Å²) in [7, 11) is 1.82. The molecule has 0 unspecified atom stereocenters. The van der Waals surface area contributed by atoms with Crippen LogP contribution in [0.3, 0.4) is 0 Å². The average Bonchev–Trinajstić information content (AvgIpc) is 1.88. The summed E-state index contributed by atoms with van der Waals surface area (Å²) in [6.07, 6.45) is 2.91. The van der Waals surface area contributed by atoms with Gasteiger partial charge in [0.05, 0.1) is 0 Å². The van der Waals surface area contributed by atoms with E-state index in [0.29, 0.717) is 0 Å². The maximum atomic E-state index is 5.80. The number of hydrogen-bond donors (Lipinski definition) is 2. The van der Waals surface area contributed by atoms with Gasteiger partial charge >= 0.3 is 0 Å². The smallest absolute Gasteiger partial charge is 0.0472 e. The highest BCUT2D eigenvalue weighted by atomic mass is 15.4. The Balaban J connectivity index is 4.27. The van der Waals surface area contributed by atoms with Gasteiger partial charge in [-0.1, -0.05) is 20.3 Å². The molecule has 3 nitrogen and oxygen atoms in total. The number of hydrogen-bond acceptors (Lipinski definition) is 3. The summed E-state index contributed by atoms with van der Waals surface area (Å²) in [6, 6.07) is 0. The lowest BCUT2D eigenvalue weighted by Gasteiger charge is -2.17. The molecule has 3 heteroatoms. The Morgan fingerprint density at radius 3 is 2.18 bits per heavy atom. The molecule has 0 aliphatic carbocycles. The number of nitrogens with two attached hydrogens (primary N) is 2. The van der Waals surface area contributed by atoms with E-state index in [4.69, 9.17) is 11.6 Å². The Morgan fingerprint density at radius 1 is 1.36 bits per heavy atom. The molecule has 0 radical (unpaired) electrons. The predicted octanol–water partition coefficient (Wildman–Crippen LogP) is 1.17. The zero-order valence-corrected chi connectivity index (χ0v) is 7.72. The highest BCUT2D eigenvalue weighted by molar-refractivity contribution is 5.07. The molecule has 0 bridgehead atoms. The van der Waals surface area contributed by atoms with E-state index in [1.165, 1.54) is 0 Å². The maximum absolute atomic E-state index is 5.80. The second kappa shape index (κ2) is 5.02. The largest absolute Gasteiger partial charge is 0.401 e. The minimum atomic E-state index is 0.902. The topological polar surface area (TPSA) is 55.3 Å². The van der Waals surface area contributed by atoms with Crippen molar-refractivity contribution in [3.05, 3.63) is 11.4 Å². The third-order valence-corrected chi connectivity index (χ3v) is 1.65. The first kappa shape index (κ1) is 10.3. The molecule has 0 aromatic heterocycles. The van der Waals surface area contributed by atoms with Gasteiger partial charge in [0, 0.05) is 18.4 Å². The summed E-state index contributed by atoms with van der Waals surface area (Å²) in [5, 5.41) is 1.60. The Kier molecular flexibility index (Phi) is 4.70. The van der Waals surface area contributed by atoms with Crippen molar-refractivity contribution in [3.63, 3.8) is 0 Å². The van der Waals surface area contributed by atoms with Crippen LogP contribution in [0.2, 0.25) is 0 Å². The third-order valence-electron chi connectivity index (χ3n) is 1.65. The predicted molar refractivity (Wildman–Crippen MR) is 48.4 cm³/mol. The minimum Gasteiger partial charge on any atom is -0.401 e. The SMILES string of the molecule is CCC/C(N)=C(\CC)N(C)N. The van der Waals surface area contributed by atoms with Crippen molar-refractivity contribution in [1.29, 1.82) is 0 Å². The highest BCUT2D eigenvalue weighted by Gasteiger charge is 2.02. The quantitative estimate of drug-likeness (QED) is 0.476. The number of hydrazine groups is 1. The van der Waals surface area contributed by atoms with Gasteiger partial charge in [0.2, 0.25) is 0 Å². The molecule has 0 amide bonds. The van der Waals surface area contributed by atoms with Gasteiger partial charge in [-0.05, 0) is 12.8 Å². The van der Waals surface area contributed by atoms with E-state index in [1.807, 2.05) is 7.05 Å². The molecule has 0 aliphatic rings. The normalized spacial score (nSPS) is 12.7. The van der Waals surface area contributed by atoms with Crippen molar-refractivity contribution in [2.45, 2.75) is 33.1 Å². The van der Waals surface area contributed by atoms with Gasteiger partial charge in [0.15, 0.2) is 0 Å². The van der Waals surface area contributed by atoms with Crippen molar-refractivity contribution < 1.29 is 0 Å². The molecule has 11 heavy (non-hydrogen) atoms. The molecule has 0 fully saturated rings. The van der Waals surface area contributed by atoms with Crippen LogP contribution in [0.1, 0.15) is 33.1 Å². The van der Waals surface area contributed by atoms with Crippen molar-refractivity contribution in [1.82, 2.24) is 5.01 Å². The first-order valence-corrected chi connectivity index (χ1v) is 4.09. The van der Waals surface area contributed by atoms with Gasteiger partial charge in [-0.3, -0.25) is 0 Å². The van der Waals surface area contributed by atoms with E-state index in [9.17, 15) is 0 Å². The minimum absolute atomic E-state index is 0.902. The van der Waals surface area contributed by atoms with E-state index in [2.05, 4.69) is 13.8 Å². The number of rotatable bonds is 4. The van der Waals surface area contributed by atoms with Crippen LogP contribution in [-0.2, 0) is 0 Å². The Hall–Kier alpha value is -0.700. The lowest BCUT2D eigenvalue weighted by atomic mass is 10.2. The second-order valence-corrected chi connectivity index (χ2v) is 2.69. The molecule has 0 aromatic rings. The molecule has 66 valence electrons. The molecule has 0 spiro atoms. The van der Waals surface area contributed by atoms with Gasteiger partial charge in [0.1, 0.15) is 0 Å². The first-order chi connectivity index (χ1) is 5.13. The van der Waals surface area contributed by atoms with E-state index in [0.717, 1.165) is 30.7 Å².